The average molecular weight is 285 g/mol. The first-order valence-electron chi connectivity index (χ1n) is 6.44. The number of ether oxygens (including phenoxy) is 1. The highest BCUT2D eigenvalue weighted by Crippen LogP contribution is 2.23. The molecular weight excluding hydrogens is 272 g/mol. The first-order valence-corrected chi connectivity index (χ1v) is 6.81. The highest BCUT2D eigenvalue weighted by Gasteiger charge is 2.03. The molecule has 4 heteroatoms. The van der Waals surface area contributed by atoms with Crippen molar-refractivity contribution in [3.05, 3.63) is 65.8 Å². The van der Waals surface area contributed by atoms with Crippen LogP contribution in [0.5, 0.6) is 5.75 Å². The fourth-order valence-electron chi connectivity index (χ4n) is 1.96. The third kappa shape index (κ3) is 3.06. The Labute approximate surface area is 122 Å². The van der Waals surface area contributed by atoms with Gasteiger partial charge in [0, 0.05) is 5.56 Å². The largest absolute Gasteiger partial charge is 0.458 e. The summed E-state index contributed by atoms with van der Waals surface area (Å²) in [6.07, 6.45) is 11.5. The van der Waals surface area contributed by atoms with E-state index < -0.39 is 0 Å². The van der Waals surface area contributed by atoms with E-state index in [1.165, 1.54) is 0 Å². The van der Waals surface area contributed by atoms with Crippen molar-refractivity contribution in [3.8, 4) is 17.0 Å². The van der Waals surface area contributed by atoms with Gasteiger partial charge in [-0.05, 0) is 49.3 Å². The molecule has 1 aliphatic carbocycles. The van der Waals surface area contributed by atoms with Crippen molar-refractivity contribution >= 4 is 11.6 Å². The highest BCUT2D eigenvalue weighted by atomic mass is 35.5. The molecule has 2 aromatic rings. The maximum atomic E-state index is 5.78. The second-order valence-corrected chi connectivity index (χ2v) is 4.82. The van der Waals surface area contributed by atoms with Crippen LogP contribution in [0.4, 0.5) is 0 Å². The van der Waals surface area contributed by atoms with Crippen LogP contribution in [-0.2, 0) is 0 Å². The molecule has 3 nitrogen and oxygen atoms in total. The first-order chi connectivity index (χ1) is 9.81. The lowest BCUT2D eigenvalue weighted by atomic mass is 10.1. The van der Waals surface area contributed by atoms with E-state index in [-0.39, 0.29) is 0 Å². The molecule has 0 saturated heterocycles. The van der Waals surface area contributed by atoms with Gasteiger partial charge in [0.05, 0.1) is 18.1 Å². The van der Waals surface area contributed by atoms with E-state index in [0.29, 0.717) is 5.15 Å². The first kappa shape index (κ1) is 12.9. The summed E-state index contributed by atoms with van der Waals surface area (Å²) in [4.78, 5) is 8.26. The number of allylic oxidation sites excluding steroid dienone is 3. The second kappa shape index (κ2) is 5.88. The summed E-state index contributed by atoms with van der Waals surface area (Å²) in [5.74, 6) is 1.71. The van der Waals surface area contributed by atoms with E-state index in [1.807, 2.05) is 30.3 Å². The minimum absolute atomic E-state index is 0.393. The average Bonchev–Trinajstić information content (AvgIpc) is 2.50. The number of aromatic nitrogens is 2. The number of halogens is 1. The molecule has 100 valence electrons. The molecule has 0 N–H and O–H groups in total. The van der Waals surface area contributed by atoms with Crippen LogP contribution in [0.2, 0.25) is 5.15 Å². The van der Waals surface area contributed by atoms with Crippen molar-refractivity contribution in [1.82, 2.24) is 9.97 Å². The lowest BCUT2D eigenvalue weighted by Crippen LogP contribution is -1.95. The zero-order valence-corrected chi connectivity index (χ0v) is 11.5. The lowest BCUT2D eigenvalue weighted by Gasteiger charge is -2.09. The molecule has 0 aliphatic heterocycles. The SMILES string of the molecule is Clc1cnc(-c2ccc(OC3=CCCC=C3)cc2)cn1. The van der Waals surface area contributed by atoms with Gasteiger partial charge in [0.1, 0.15) is 16.7 Å². The van der Waals surface area contributed by atoms with E-state index in [9.17, 15) is 0 Å². The van der Waals surface area contributed by atoms with Gasteiger partial charge < -0.3 is 4.74 Å². The van der Waals surface area contributed by atoms with E-state index in [4.69, 9.17) is 16.3 Å². The van der Waals surface area contributed by atoms with Crippen LogP contribution in [0.3, 0.4) is 0 Å². The molecule has 0 amide bonds. The zero-order chi connectivity index (χ0) is 13.8. The zero-order valence-electron chi connectivity index (χ0n) is 10.8. The van der Waals surface area contributed by atoms with Gasteiger partial charge in [-0.3, -0.25) is 4.98 Å². The summed E-state index contributed by atoms with van der Waals surface area (Å²) in [6.45, 7) is 0. The van der Waals surface area contributed by atoms with Crippen LogP contribution in [-0.4, -0.2) is 9.97 Å². The summed E-state index contributed by atoms with van der Waals surface area (Å²) < 4.78 is 5.78. The van der Waals surface area contributed by atoms with Crippen molar-refractivity contribution in [3.63, 3.8) is 0 Å². The molecule has 0 spiro atoms. The summed E-state index contributed by atoms with van der Waals surface area (Å²) >= 11 is 5.73. The molecular formula is C16H13ClN2O. The van der Waals surface area contributed by atoms with Crippen molar-refractivity contribution in [2.75, 3.05) is 0 Å². The molecule has 0 atom stereocenters. The van der Waals surface area contributed by atoms with Crippen LogP contribution in [0.25, 0.3) is 11.3 Å². The molecule has 0 bridgehead atoms. The Balaban J connectivity index is 1.75. The van der Waals surface area contributed by atoms with Crippen LogP contribution in [0, 0.1) is 0 Å². The molecule has 1 heterocycles. The predicted molar refractivity (Wildman–Crippen MR) is 79.6 cm³/mol. The topological polar surface area (TPSA) is 35.0 Å². The van der Waals surface area contributed by atoms with Gasteiger partial charge in [0.2, 0.25) is 0 Å². The number of hydrogen-bond acceptors (Lipinski definition) is 3. The molecule has 0 unspecified atom stereocenters. The number of nitrogens with zero attached hydrogens (tertiary/aromatic N) is 2. The third-order valence-electron chi connectivity index (χ3n) is 2.97. The summed E-state index contributed by atoms with van der Waals surface area (Å²) in [5, 5.41) is 0.393. The smallest absolute Gasteiger partial charge is 0.147 e. The Morgan fingerprint density at radius 1 is 1.00 bits per heavy atom. The summed E-state index contributed by atoms with van der Waals surface area (Å²) in [6, 6.07) is 7.77. The van der Waals surface area contributed by atoms with E-state index in [2.05, 4.69) is 22.1 Å². The predicted octanol–water partition coefficient (Wildman–Crippen LogP) is 4.41. The molecule has 1 aromatic heterocycles. The Morgan fingerprint density at radius 2 is 1.85 bits per heavy atom. The van der Waals surface area contributed by atoms with Crippen molar-refractivity contribution in [1.29, 1.82) is 0 Å². The minimum atomic E-state index is 0.393. The van der Waals surface area contributed by atoms with E-state index in [1.54, 1.807) is 12.4 Å². The van der Waals surface area contributed by atoms with E-state index >= 15 is 0 Å². The van der Waals surface area contributed by atoms with Gasteiger partial charge in [-0.25, -0.2) is 4.98 Å². The van der Waals surface area contributed by atoms with Gasteiger partial charge in [-0.2, -0.15) is 0 Å². The van der Waals surface area contributed by atoms with Gasteiger partial charge in [0.25, 0.3) is 0 Å². The maximum Gasteiger partial charge on any atom is 0.147 e. The minimum Gasteiger partial charge on any atom is -0.458 e. The standard InChI is InChI=1S/C16H13ClN2O/c17-16-11-18-15(10-19-16)12-6-8-14(9-7-12)20-13-4-2-1-3-5-13/h2,4-11H,1,3H2. The third-order valence-corrected chi connectivity index (χ3v) is 3.16. The van der Waals surface area contributed by atoms with Gasteiger partial charge in [-0.15, -0.1) is 0 Å². The molecule has 0 radical (unpaired) electrons. The lowest BCUT2D eigenvalue weighted by molar-refractivity contribution is 0.439. The van der Waals surface area contributed by atoms with E-state index in [0.717, 1.165) is 35.6 Å². The molecule has 0 saturated carbocycles. The number of hydrogen-bond donors (Lipinski definition) is 0. The summed E-state index contributed by atoms with van der Waals surface area (Å²) in [5.41, 5.74) is 1.77. The Bertz CT molecular complexity index is 645. The van der Waals surface area contributed by atoms with Gasteiger partial charge in [-0.1, -0.05) is 17.7 Å². The fourth-order valence-corrected chi connectivity index (χ4v) is 2.05. The van der Waals surface area contributed by atoms with Crippen LogP contribution < -0.4 is 4.74 Å². The molecule has 0 fully saturated rings. The maximum absolute atomic E-state index is 5.78. The van der Waals surface area contributed by atoms with Crippen LogP contribution in [0.1, 0.15) is 12.8 Å². The fraction of sp³-hybridized carbons (Fsp3) is 0.125. The van der Waals surface area contributed by atoms with Gasteiger partial charge in [0.15, 0.2) is 0 Å². The van der Waals surface area contributed by atoms with Gasteiger partial charge >= 0.3 is 0 Å². The van der Waals surface area contributed by atoms with Crippen molar-refractivity contribution in [2.24, 2.45) is 0 Å². The highest BCUT2D eigenvalue weighted by molar-refractivity contribution is 6.29. The Hall–Kier alpha value is -2.13. The molecule has 20 heavy (non-hydrogen) atoms. The van der Waals surface area contributed by atoms with Crippen molar-refractivity contribution < 1.29 is 4.74 Å². The second-order valence-electron chi connectivity index (χ2n) is 4.44. The van der Waals surface area contributed by atoms with Crippen LogP contribution in [0.15, 0.2) is 60.6 Å². The molecule has 1 aliphatic rings. The molecule has 3 rings (SSSR count). The Kier molecular flexibility index (Phi) is 3.79. The van der Waals surface area contributed by atoms with Crippen LogP contribution >= 0.6 is 11.6 Å². The van der Waals surface area contributed by atoms with Crippen molar-refractivity contribution in [2.45, 2.75) is 12.8 Å². The Morgan fingerprint density at radius 3 is 2.50 bits per heavy atom. The molecule has 1 aromatic carbocycles. The summed E-state index contributed by atoms with van der Waals surface area (Å²) in [7, 11) is 0. The number of rotatable bonds is 3. The number of benzene rings is 1. The quantitative estimate of drug-likeness (QED) is 0.837. The monoisotopic (exact) mass is 284 g/mol. The normalized spacial score (nSPS) is 13.9.